The Hall–Kier alpha value is -2.15. The third kappa shape index (κ3) is 2.88. The van der Waals surface area contributed by atoms with E-state index in [1.54, 1.807) is 0 Å². The van der Waals surface area contributed by atoms with Gasteiger partial charge in [-0.3, -0.25) is 0 Å². The molecule has 2 aromatic rings. The van der Waals surface area contributed by atoms with Crippen molar-refractivity contribution < 1.29 is 4.74 Å². The Balaban J connectivity index is 1.55. The second kappa shape index (κ2) is 5.81. The molecule has 23 heavy (non-hydrogen) atoms. The highest BCUT2D eigenvalue weighted by atomic mass is 16.5. The molecule has 0 radical (unpaired) electrons. The molecule has 1 atom stereocenters. The smallest absolute Gasteiger partial charge is 0.222 e. The van der Waals surface area contributed by atoms with E-state index in [-0.39, 0.29) is 6.10 Å². The van der Waals surface area contributed by atoms with Crippen LogP contribution in [0, 0.1) is 6.92 Å². The van der Waals surface area contributed by atoms with Crippen LogP contribution in [0.2, 0.25) is 0 Å². The lowest BCUT2D eigenvalue weighted by atomic mass is 10.0. The molecule has 3 heterocycles. The number of aromatic amines is 1. The summed E-state index contributed by atoms with van der Waals surface area (Å²) in [6, 6.07) is 1.96. The molecule has 122 valence electrons. The van der Waals surface area contributed by atoms with Gasteiger partial charge in [0.15, 0.2) is 0 Å². The molecule has 0 saturated carbocycles. The molecule has 0 bridgehead atoms. The van der Waals surface area contributed by atoms with Gasteiger partial charge in [0.25, 0.3) is 0 Å². The fourth-order valence-corrected chi connectivity index (χ4v) is 3.39. The number of nitrogens with one attached hydrogen (secondary N) is 1. The number of aromatic nitrogens is 4. The first-order chi connectivity index (χ1) is 11.2. The molecular weight excluding hydrogens is 292 g/mol. The van der Waals surface area contributed by atoms with Crippen LogP contribution in [0.1, 0.15) is 41.9 Å². The summed E-state index contributed by atoms with van der Waals surface area (Å²) in [5.41, 5.74) is 9.16. The predicted molar refractivity (Wildman–Crippen MR) is 87.3 cm³/mol. The van der Waals surface area contributed by atoms with E-state index >= 15 is 0 Å². The number of imidazole rings is 1. The van der Waals surface area contributed by atoms with Crippen molar-refractivity contribution >= 4 is 11.8 Å². The van der Waals surface area contributed by atoms with Gasteiger partial charge in [-0.05, 0) is 32.6 Å². The Bertz CT molecular complexity index is 669. The summed E-state index contributed by atoms with van der Waals surface area (Å²) in [5.74, 6) is 2.12. The Kier molecular flexibility index (Phi) is 3.65. The first-order valence-electron chi connectivity index (χ1n) is 8.24. The molecule has 0 amide bonds. The van der Waals surface area contributed by atoms with Gasteiger partial charge in [0.05, 0.1) is 18.8 Å². The van der Waals surface area contributed by atoms with E-state index in [2.05, 4.69) is 19.9 Å². The minimum atomic E-state index is -0.0501. The number of morpholine rings is 1. The van der Waals surface area contributed by atoms with Crippen LogP contribution in [0.3, 0.4) is 0 Å². The minimum absolute atomic E-state index is 0.0501. The quantitative estimate of drug-likeness (QED) is 0.873. The van der Waals surface area contributed by atoms with E-state index in [0.29, 0.717) is 12.6 Å². The standard InChI is InChI=1S/C16H22N6O/c1-10-8-14(21-16(17)18-10)22-6-7-23-13(9-22)15-19-11-4-2-3-5-12(11)20-15/h8,13H,2-7,9H2,1H3,(H,19,20)(H2,17,18,21). The number of nitrogens with zero attached hydrogens (tertiary/aromatic N) is 4. The first kappa shape index (κ1) is 14.4. The van der Waals surface area contributed by atoms with Crippen LogP contribution >= 0.6 is 0 Å². The number of anilines is 2. The summed E-state index contributed by atoms with van der Waals surface area (Å²) in [6.07, 6.45) is 4.59. The number of nitrogens with two attached hydrogens (primary N) is 1. The lowest BCUT2D eigenvalue weighted by Crippen LogP contribution is -2.39. The number of hydrogen-bond acceptors (Lipinski definition) is 6. The second-order valence-corrected chi connectivity index (χ2v) is 6.29. The fourth-order valence-electron chi connectivity index (χ4n) is 3.39. The summed E-state index contributed by atoms with van der Waals surface area (Å²) in [5, 5.41) is 0. The number of nitrogen functional groups attached to an aromatic ring is 1. The van der Waals surface area contributed by atoms with Crippen molar-refractivity contribution in [3.63, 3.8) is 0 Å². The van der Waals surface area contributed by atoms with Crippen LogP contribution in [-0.4, -0.2) is 39.6 Å². The number of H-pyrrole nitrogens is 1. The van der Waals surface area contributed by atoms with Crippen LogP contribution in [0.25, 0.3) is 0 Å². The Morgan fingerprint density at radius 3 is 2.96 bits per heavy atom. The predicted octanol–water partition coefficient (Wildman–Crippen LogP) is 1.55. The van der Waals surface area contributed by atoms with Crippen LogP contribution < -0.4 is 10.6 Å². The average Bonchev–Trinajstić information content (AvgIpc) is 2.98. The van der Waals surface area contributed by atoms with E-state index in [0.717, 1.165) is 43.3 Å². The zero-order chi connectivity index (χ0) is 15.8. The highest BCUT2D eigenvalue weighted by molar-refractivity contribution is 5.44. The number of rotatable bonds is 2. The number of hydrogen-bond donors (Lipinski definition) is 2. The molecule has 1 fully saturated rings. The molecule has 0 aromatic carbocycles. The van der Waals surface area contributed by atoms with Crippen LogP contribution in [0.4, 0.5) is 11.8 Å². The summed E-state index contributed by atoms with van der Waals surface area (Å²) in [6.45, 7) is 4.11. The van der Waals surface area contributed by atoms with Gasteiger partial charge in [0.1, 0.15) is 17.7 Å². The van der Waals surface area contributed by atoms with Crippen molar-refractivity contribution in [1.29, 1.82) is 0 Å². The van der Waals surface area contributed by atoms with Crippen molar-refractivity contribution in [2.75, 3.05) is 30.3 Å². The third-order valence-electron chi connectivity index (χ3n) is 4.53. The SMILES string of the molecule is Cc1cc(N2CCOC(c3nc4c([nH]3)CCCC4)C2)nc(N)n1. The maximum absolute atomic E-state index is 5.94. The first-order valence-corrected chi connectivity index (χ1v) is 8.24. The lowest BCUT2D eigenvalue weighted by molar-refractivity contribution is 0.0342. The van der Waals surface area contributed by atoms with E-state index in [1.165, 1.54) is 24.2 Å². The van der Waals surface area contributed by atoms with Gasteiger partial charge in [0.2, 0.25) is 5.95 Å². The van der Waals surface area contributed by atoms with E-state index in [1.807, 2.05) is 13.0 Å². The number of aryl methyl sites for hydroxylation is 3. The van der Waals surface area contributed by atoms with Crippen LogP contribution in [0.15, 0.2) is 6.07 Å². The molecule has 1 aliphatic heterocycles. The number of ether oxygens (including phenoxy) is 1. The molecule has 1 aliphatic carbocycles. The Labute approximate surface area is 135 Å². The average molecular weight is 314 g/mol. The molecule has 2 aliphatic rings. The molecule has 7 heteroatoms. The van der Waals surface area contributed by atoms with Gasteiger partial charge in [-0.1, -0.05) is 0 Å². The van der Waals surface area contributed by atoms with Gasteiger partial charge in [-0.15, -0.1) is 0 Å². The molecule has 1 unspecified atom stereocenters. The summed E-state index contributed by atoms with van der Waals surface area (Å²) in [7, 11) is 0. The molecule has 7 nitrogen and oxygen atoms in total. The zero-order valence-corrected chi connectivity index (χ0v) is 13.4. The Morgan fingerprint density at radius 1 is 1.26 bits per heavy atom. The van der Waals surface area contributed by atoms with Crippen molar-refractivity contribution in [2.45, 2.75) is 38.7 Å². The van der Waals surface area contributed by atoms with Crippen molar-refractivity contribution in [3.8, 4) is 0 Å². The van der Waals surface area contributed by atoms with Crippen LogP contribution in [0.5, 0.6) is 0 Å². The molecule has 3 N–H and O–H groups in total. The lowest BCUT2D eigenvalue weighted by Gasteiger charge is -2.33. The minimum Gasteiger partial charge on any atom is -0.368 e. The largest absolute Gasteiger partial charge is 0.368 e. The van der Waals surface area contributed by atoms with E-state index in [9.17, 15) is 0 Å². The topological polar surface area (TPSA) is 93.0 Å². The van der Waals surface area contributed by atoms with E-state index in [4.69, 9.17) is 15.5 Å². The van der Waals surface area contributed by atoms with E-state index < -0.39 is 0 Å². The highest BCUT2D eigenvalue weighted by Crippen LogP contribution is 2.27. The Morgan fingerprint density at radius 2 is 2.13 bits per heavy atom. The second-order valence-electron chi connectivity index (χ2n) is 6.29. The number of fused-ring (bicyclic) bond motifs is 1. The summed E-state index contributed by atoms with van der Waals surface area (Å²) in [4.78, 5) is 18.9. The van der Waals surface area contributed by atoms with Crippen molar-refractivity contribution in [2.24, 2.45) is 0 Å². The van der Waals surface area contributed by atoms with Gasteiger partial charge in [-0.2, -0.15) is 4.98 Å². The van der Waals surface area contributed by atoms with Gasteiger partial charge >= 0.3 is 0 Å². The monoisotopic (exact) mass is 314 g/mol. The zero-order valence-electron chi connectivity index (χ0n) is 13.4. The highest BCUT2D eigenvalue weighted by Gasteiger charge is 2.27. The molecule has 1 saturated heterocycles. The third-order valence-corrected chi connectivity index (χ3v) is 4.53. The normalized spacial score (nSPS) is 21.3. The molecule has 4 rings (SSSR count). The molecule has 2 aromatic heterocycles. The van der Waals surface area contributed by atoms with Gasteiger partial charge in [0, 0.05) is 24.0 Å². The van der Waals surface area contributed by atoms with Gasteiger partial charge < -0.3 is 20.4 Å². The maximum Gasteiger partial charge on any atom is 0.222 e. The van der Waals surface area contributed by atoms with Crippen molar-refractivity contribution in [1.82, 2.24) is 19.9 Å². The molecule has 0 spiro atoms. The summed E-state index contributed by atoms with van der Waals surface area (Å²) < 4.78 is 5.94. The maximum atomic E-state index is 5.94. The molecular formula is C16H22N6O. The van der Waals surface area contributed by atoms with Gasteiger partial charge in [-0.25, -0.2) is 9.97 Å². The van der Waals surface area contributed by atoms with Crippen LogP contribution in [-0.2, 0) is 17.6 Å². The fraction of sp³-hybridized carbons (Fsp3) is 0.562. The summed E-state index contributed by atoms with van der Waals surface area (Å²) >= 11 is 0. The van der Waals surface area contributed by atoms with Crippen molar-refractivity contribution in [3.05, 3.63) is 29.0 Å².